The molecule has 1 saturated carbocycles. The highest BCUT2D eigenvalue weighted by Crippen LogP contribution is 2.34. The van der Waals surface area contributed by atoms with Crippen molar-refractivity contribution in [3.8, 4) is 0 Å². The normalized spacial score (nSPS) is 34.9. The summed E-state index contributed by atoms with van der Waals surface area (Å²) < 4.78 is 11.3. The van der Waals surface area contributed by atoms with E-state index >= 15 is 0 Å². The Labute approximate surface area is 140 Å². The van der Waals surface area contributed by atoms with E-state index in [9.17, 15) is 4.79 Å². The second kappa shape index (κ2) is 7.39. The SMILES string of the molecule is C[C@@H]1CC[C@H](NC(=O)N2CCOCC3(CCOCC3)C2)[C@@H](C)C1. The van der Waals surface area contributed by atoms with Gasteiger partial charge in [-0.05, 0) is 43.9 Å². The molecule has 23 heavy (non-hydrogen) atoms. The van der Waals surface area contributed by atoms with Crippen LogP contribution in [0.5, 0.6) is 0 Å². The van der Waals surface area contributed by atoms with E-state index < -0.39 is 0 Å². The monoisotopic (exact) mass is 324 g/mol. The summed E-state index contributed by atoms with van der Waals surface area (Å²) in [5.41, 5.74) is 0.0960. The zero-order chi connectivity index (χ0) is 16.3. The molecule has 2 aliphatic heterocycles. The molecule has 2 amide bonds. The van der Waals surface area contributed by atoms with Gasteiger partial charge in [-0.25, -0.2) is 4.79 Å². The number of hydrogen-bond donors (Lipinski definition) is 1. The van der Waals surface area contributed by atoms with Gasteiger partial charge in [-0.1, -0.05) is 13.8 Å². The number of nitrogens with one attached hydrogen (secondary N) is 1. The topological polar surface area (TPSA) is 50.8 Å². The van der Waals surface area contributed by atoms with Crippen LogP contribution in [0.4, 0.5) is 4.79 Å². The van der Waals surface area contributed by atoms with Crippen LogP contribution in [-0.4, -0.2) is 56.5 Å². The molecule has 3 rings (SSSR count). The summed E-state index contributed by atoms with van der Waals surface area (Å²) in [5.74, 6) is 1.36. The number of rotatable bonds is 1. The minimum atomic E-state index is 0.0960. The molecule has 2 saturated heterocycles. The Morgan fingerprint density at radius 2 is 1.91 bits per heavy atom. The molecule has 0 bridgehead atoms. The maximum absolute atomic E-state index is 12.8. The molecule has 1 spiro atoms. The van der Waals surface area contributed by atoms with E-state index in [2.05, 4.69) is 19.2 Å². The fraction of sp³-hybridized carbons (Fsp3) is 0.944. The summed E-state index contributed by atoms with van der Waals surface area (Å²) in [5, 5.41) is 3.31. The van der Waals surface area contributed by atoms with Crippen LogP contribution < -0.4 is 5.32 Å². The molecule has 5 heteroatoms. The van der Waals surface area contributed by atoms with Gasteiger partial charge in [0.1, 0.15) is 0 Å². The van der Waals surface area contributed by atoms with Crippen LogP contribution in [0, 0.1) is 17.3 Å². The van der Waals surface area contributed by atoms with Gasteiger partial charge in [0, 0.05) is 37.8 Å². The van der Waals surface area contributed by atoms with Gasteiger partial charge in [-0.3, -0.25) is 0 Å². The lowest BCUT2D eigenvalue weighted by molar-refractivity contribution is -0.0296. The molecular formula is C18H32N2O3. The van der Waals surface area contributed by atoms with Crippen LogP contribution in [0.15, 0.2) is 0 Å². The van der Waals surface area contributed by atoms with Gasteiger partial charge in [0.25, 0.3) is 0 Å². The lowest BCUT2D eigenvalue weighted by Gasteiger charge is -2.39. The van der Waals surface area contributed by atoms with E-state index in [0.29, 0.717) is 25.1 Å². The molecule has 1 aliphatic carbocycles. The second-order valence-corrected chi connectivity index (χ2v) is 8.04. The van der Waals surface area contributed by atoms with Crippen molar-refractivity contribution in [2.24, 2.45) is 17.3 Å². The minimum absolute atomic E-state index is 0.0960. The van der Waals surface area contributed by atoms with Gasteiger partial charge in [-0.15, -0.1) is 0 Å². The average molecular weight is 324 g/mol. The van der Waals surface area contributed by atoms with E-state index in [1.807, 2.05) is 4.90 Å². The molecule has 2 heterocycles. The predicted molar refractivity (Wildman–Crippen MR) is 89.4 cm³/mol. The smallest absolute Gasteiger partial charge is 0.317 e. The standard InChI is InChI=1S/C18H32N2O3/c1-14-3-4-16(15(2)11-14)19-17(21)20-7-10-23-13-18(12-20)5-8-22-9-6-18/h14-16H,3-13H2,1-2H3,(H,19,21)/t14-,15+,16+/m1/s1. The summed E-state index contributed by atoms with van der Waals surface area (Å²) in [6.45, 7) is 9.07. The maximum atomic E-state index is 12.8. The van der Waals surface area contributed by atoms with Crippen molar-refractivity contribution in [1.29, 1.82) is 0 Å². The average Bonchev–Trinajstić information content (AvgIpc) is 2.74. The molecular weight excluding hydrogens is 292 g/mol. The van der Waals surface area contributed by atoms with Crippen LogP contribution in [0.1, 0.15) is 46.0 Å². The Bertz CT molecular complexity index is 409. The number of hydrogen-bond acceptors (Lipinski definition) is 3. The van der Waals surface area contributed by atoms with E-state index in [1.165, 1.54) is 12.8 Å². The molecule has 0 unspecified atom stereocenters. The quantitative estimate of drug-likeness (QED) is 0.807. The third kappa shape index (κ3) is 4.18. The molecule has 0 radical (unpaired) electrons. The van der Waals surface area contributed by atoms with E-state index in [4.69, 9.17) is 9.47 Å². The highest BCUT2D eigenvalue weighted by molar-refractivity contribution is 5.74. The van der Waals surface area contributed by atoms with Crippen molar-refractivity contribution in [3.63, 3.8) is 0 Å². The van der Waals surface area contributed by atoms with Crippen molar-refractivity contribution in [3.05, 3.63) is 0 Å². The molecule has 3 fully saturated rings. The summed E-state index contributed by atoms with van der Waals surface area (Å²) in [6.07, 6.45) is 5.54. The molecule has 3 atom stereocenters. The fourth-order valence-electron chi connectivity index (χ4n) is 4.40. The predicted octanol–water partition coefficient (Wildman–Crippen LogP) is 2.65. The number of nitrogens with zero attached hydrogens (tertiary/aromatic N) is 1. The summed E-state index contributed by atoms with van der Waals surface area (Å²) in [6, 6.07) is 0.432. The largest absolute Gasteiger partial charge is 0.381 e. The summed E-state index contributed by atoms with van der Waals surface area (Å²) in [4.78, 5) is 14.8. The van der Waals surface area contributed by atoms with Crippen molar-refractivity contribution >= 4 is 6.03 Å². The number of carbonyl (C=O) groups excluding carboxylic acids is 1. The van der Waals surface area contributed by atoms with Gasteiger partial charge in [0.15, 0.2) is 0 Å². The van der Waals surface area contributed by atoms with Crippen LogP contribution in [-0.2, 0) is 9.47 Å². The first-order chi connectivity index (χ1) is 11.1. The minimum Gasteiger partial charge on any atom is -0.381 e. The Balaban J connectivity index is 1.59. The third-order valence-corrected chi connectivity index (χ3v) is 6.02. The molecule has 3 aliphatic rings. The van der Waals surface area contributed by atoms with Crippen LogP contribution in [0.3, 0.4) is 0 Å². The number of carbonyl (C=O) groups is 1. The lowest BCUT2D eigenvalue weighted by atomic mass is 9.79. The van der Waals surface area contributed by atoms with Crippen molar-refractivity contribution in [1.82, 2.24) is 10.2 Å². The fourth-order valence-corrected chi connectivity index (χ4v) is 4.40. The number of ether oxygens (including phenoxy) is 2. The molecule has 5 nitrogen and oxygen atoms in total. The first-order valence-electron chi connectivity index (χ1n) is 9.29. The van der Waals surface area contributed by atoms with Crippen LogP contribution in [0.25, 0.3) is 0 Å². The number of amides is 2. The lowest BCUT2D eigenvalue weighted by Crippen LogP contribution is -2.52. The molecule has 0 aromatic heterocycles. The Morgan fingerprint density at radius 3 is 2.65 bits per heavy atom. The van der Waals surface area contributed by atoms with Crippen molar-refractivity contribution < 1.29 is 14.3 Å². The Kier molecular flexibility index (Phi) is 5.47. The zero-order valence-corrected chi connectivity index (χ0v) is 14.7. The molecule has 132 valence electrons. The van der Waals surface area contributed by atoms with E-state index in [1.54, 1.807) is 0 Å². The van der Waals surface area contributed by atoms with Crippen LogP contribution >= 0.6 is 0 Å². The molecule has 0 aromatic rings. The highest BCUT2D eigenvalue weighted by atomic mass is 16.5. The molecule has 0 aromatic carbocycles. The van der Waals surface area contributed by atoms with Gasteiger partial charge < -0.3 is 19.7 Å². The van der Waals surface area contributed by atoms with E-state index in [-0.39, 0.29) is 11.4 Å². The zero-order valence-electron chi connectivity index (χ0n) is 14.7. The van der Waals surface area contributed by atoms with Crippen LogP contribution in [0.2, 0.25) is 0 Å². The van der Waals surface area contributed by atoms with Crippen molar-refractivity contribution in [2.75, 3.05) is 39.5 Å². The number of urea groups is 1. The molecule has 1 N–H and O–H groups in total. The van der Waals surface area contributed by atoms with Gasteiger partial charge >= 0.3 is 6.03 Å². The van der Waals surface area contributed by atoms with Gasteiger partial charge in [0.05, 0.1) is 13.2 Å². The summed E-state index contributed by atoms with van der Waals surface area (Å²) >= 11 is 0. The summed E-state index contributed by atoms with van der Waals surface area (Å²) in [7, 11) is 0. The third-order valence-electron chi connectivity index (χ3n) is 6.02. The maximum Gasteiger partial charge on any atom is 0.317 e. The first-order valence-corrected chi connectivity index (χ1v) is 9.29. The van der Waals surface area contributed by atoms with Gasteiger partial charge in [-0.2, -0.15) is 0 Å². The van der Waals surface area contributed by atoms with E-state index in [0.717, 1.165) is 51.5 Å². The first kappa shape index (κ1) is 17.0. The van der Waals surface area contributed by atoms with Gasteiger partial charge in [0.2, 0.25) is 0 Å². The second-order valence-electron chi connectivity index (χ2n) is 8.04. The van der Waals surface area contributed by atoms with Crippen molar-refractivity contribution in [2.45, 2.75) is 52.0 Å². The Hall–Kier alpha value is -0.810. The Morgan fingerprint density at radius 1 is 1.13 bits per heavy atom. The highest BCUT2D eigenvalue weighted by Gasteiger charge is 2.38.